The Morgan fingerprint density at radius 3 is 2.00 bits per heavy atom. The van der Waals surface area contributed by atoms with E-state index < -0.39 is 59.9 Å². The van der Waals surface area contributed by atoms with E-state index in [0.717, 1.165) is 5.56 Å². The van der Waals surface area contributed by atoms with Crippen LogP contribution < -0.4 is 27.4 Å². The van der Waals surface area contributed by atoms with Gasteiger partial charge in [0.1, 0.15) is 12.1 Å². The largest absolute Gasteiger partial charge is 0.480 e. The lowest BCUT2D eigenvalue weighted by Gasteiger charge is -2.27. The van der Waals surface area contributed by atoms with E-state index in [1.165, 1.54) is 6.92 Å². The first-order valence-electron chi connectivity index (χ1n) is 11.8. The molecule has 0 saturated carbocycles. The molecule has 0 fully saturated rings. The number of hydrogen-bond acceptors (Lipinski definition) is 7. The Hall–Kier alpha value is -3.02. The van der Waals surface area contributed by atoms with Crippen LogP contribution in [-0.4, -0.2) is 70.7 Å². The molecule has 0 aromatic heterocycles. The number of nitrogens with one attached hydrogen (secondary N) is 3. The number of amides is 3. The lowest BCUT2D eigenvalue weighted by molar-refractivity contribution is -0.145. The number of carboxylic acids is 1. The number of carbonyl (C=O) groups excluding carboxylic acids is 3. The van der Waals surface area contributed by atoms with E-state index >= 15 is 0 Å². The highest BCUT2D eigenvalue weighted by atomic mass is 16.4. The van der Waals surface area contributed by atoms with E-state index in [0.29, 0.717) is 19.4 Å². The lowest BCUT2D eigenvalue weighted by atomic mass is 10.0. The fraction of sp³-hybridized carbons (Fsp3) is 0.583. The standard InChI is InChI=1S/C24H39N5O6/c1-14(2)19(23(33)29-20(15(3)30)24(34)35)28-22(32)18(11-7-8-12-25)27-21(31)17(26)13-16-9-5-4-6-10-16/h4-6,9-10,14-15,17-20,30H,7-8,11-13,25-26H2,1-3H3,(H,27,31)(H,28,32)(H,29,33)(H,34,35). The Kier molecular flexibility index (Phi) is 12.9. The molecule has 0 radical (unpaired) electrons. The molecule has 0 aliphatic carbocycles. The third-order valence-corrected chi connectivity index (χ3v) is 5.51. The van der Waals surface area contributed by atoms with Gasteiger partial charge in [0.2, 0.25) is 17.7 Å². The molecule has 0 aliphatic rings. The molecule has 5 unspecified atom stereocenters. The number of rotatable bonds is 15. The second kappa shape index (κ2) is 15.1. The minimum atomic E-state index is -1.53. The maximum absolute atomic E-state index is 13.1. The van der Waals surface area contributed by atoms with Crippen molar-refractivity contribution in [2.75, 3.05) is 6.54 Å². The highest BCUT2D eigenvalue weighted by Gasteiger charge is 2.33. The van der Waals surface area contributed by atoms with E-state index in [-0.39, 0.29) is 12.8 Å². The average molecular weight is 494 g/mol. The quantitative estimate of drug-likeness (QED) is 0.155. The highest BCUT2D eigenvalue weighted by Crippen LogP contribution is 2.08. The zero-order valence-corrected chi connectivity index (χ0v) is 20.6. The summed E-state index contributed by atoms with van der Waals surface area (Å²) in [5, 5.41) is 26.4. The number of hydrogen-bond donors (Lipinski definition) is 7. The first-order valence-corrected chi connectivity index (χ1v) is 11.8. The summed E-state index contributed by atoms with van der Waals surface area (Å²) in [5.74, 6) is -3.66. The molecule has 0 spiro atoms. The van der Waals surface area contributed by atoms with Crippen LogP contribution in [0.25, 0.3) is 0 Å². The Morgan fingerprint density at radius 1 is 0.886 bits per heavy atom. The lowest BCUT2D eigenvalue weighted by Crippen LogP contribution is -2.59. The van der Waals surface area contributed by atoms with E-state index in [1.54, 1.807) is 13.8 Å². The smallest absolute Gasteiger partial charge is 0.328 e. The van der Waals surface area contributed by atoms with Gasteiger partial charge in [0.05, 0.1) is 12.1 Å². The number of carbonyl (C=O) groups is 4. The maximum Gasteiger partial charge on any atom is 0.328 e. The fourth-order valence-corrected chi connectivity index (χ4v) is 3.42. The maximum atomic E-state index is 13.1. The van der Waals surface area contributed by atoms with E-state index in [4.69, 9.17) is 11.5 Å². The van der Waals surface area contributed by atoms with Gasteiger partial charge >= 0.3 is 5.97 Å². The predicted octanol–water partition coefficient (Wildman–Crippen LogP) is -0.739. The van der Waals surface area contributed by atoms with Gasteiger partial charge < -0.3 is 37.6 Å². The minimum Gasteiger partial charge on any atom is -0.480 e. The van der Waals surface area contributed by atoms with Crippen LogP contribution in [0.2, 0.25) is 0 Å². The second-order valence-corrected chi connectivity index (χ2v) is 8.94. The van der Waals surface area contributed by atoms with Crippen molar-refractivity contribution in [2.45, 2.75) is 76.7 Å². The molecular formula is C24H39N5O6. The zero-order valence-electron chi connectivity index (χ0n) is 20.6. The SMILES string of the molecule is CC(C)C(NC(=O)C(CCCCN)NC(=O)C(N)Cc1ccccc1)C(=O)NC(C(=O)O)C(C)O. The van der Waals surface area contributed by atoms with E-state index in [9.17, 15) is 29.4 Å². The van der Waals surface area contributed by atoms with Crippen molar-refractivity contribution in [2.24, 2.45) is 17.4 Å². The van der Waals surface area contributed by atoms with Gasteiger partial charge in [-0.25, -0.2) is 4.79 Å². The summed E-state index contributed by atoms with van der Waals surface area (Å²) in [6, 6.07) is 4.77. The average Bonchev–Trinajstić information content (AvgIpc) is 2.79. The summed E-state index contributed by atoms with van der Waals surface area (Å²) in [7, 11) is 0. The molecule has 11 nitrogen and oxygen atoms in total. The number of nitrogens with two attached hydrogens (primary N) is 2. The zero-order chi connectivity index (χ0) is 26.5. The predicted molar refractivity (Wildman–Crippen MR) is 131 cm³/mol. The molecule has 1 aromatic carbocycles. The van der Waals surface area contributed by atoms with Crippen LogP contribution in [0.5, 0.6) is 0 Å². The second-order valence-electron chi connectivity index (χ2n) is 8.94. The van der Waals surface area contributed by atoms with Gasteiger partial charge in [0, 0.05) is 0 Å². The summed E-state index contributed by atoms with van der Waals surface area (Å²) in [5.41, 5.74) is 12.5. The van der Waals surface area contributed by atoms with Crippen molar-refractivity contribution in [3.63, 3.8) is 0 Å². The Bertz CT molecular complexity index is 833. The number of unbranched alkanes of at least 4 members (excludes halogenated alkanes) is 1. The van der Waals surface area contributed by atoms with Crippen molar-refractivity contribution in [3.8, 4) is 0 Å². The molecule has 11 heteroatoms. The van der Waals surface area contributed by atoms with Crippen LogP contribution in [0.1, 0.15) is 45.6 Å². The molecule has 196 valence electrons. The van der Waals surface area contributed by atoms with Gasteiger partial charge in [-0.05, 0) is 50.6 Å². The monoisotopic (exact) mass is 493 g/mol. The summed E-state index contributed by atoms with van der Waals surface area (Å²) < 4.78 is 0. The molecule has 35 heavy (non-hydrogen) atoms. The topological polar surface area (TPSA) is 197 Å². The number of aliphatic carboxylic acids is 1. The number of aliphatic hydroxyl groups excluding tert-OH is 1. The summed E-state index contributed by atoms with van der Waals surface area (Å²) in [6.45, 7) is 5.02. The molecule has 0 bridgehead atoms. The van der Waals surface area contributed by atoms with Crippen LogP contribution in [0.4, 0.5) is 0 Å². The van der Waals surface area contributed by atoms with Crippen LogP contribution >= 0.6 is 0 Å². The van der Waals surface area contributed by atoms with Crippen molar-refractivity contribution in [1.82, 2.24) is 16.0 Å². The molecular weight excluding hydrogens is 454 g/mol. The van der Waals surface area contributed by atoms with Gasteiger partial charge in [0.25, 0.3) is 0 Å². The van der Waals surface area contributed by atoms with Crippen LogP contribution in [0, 0.1) is 5.92 Å². The third-order valence-electron chi connectivity index (χ3n) is 5.51. The fourth-order valence-electron chi connectivity index (χ4n) is 3.42. The van der Waals surface area contributed by atoms with Crippen LogP contribution in [-0.2, 0) is 25.6 Å². The minimum absolute atomic E-state index is 0.282. The van der Waals surface area contributed by atoms with Crippen molar-refractivity contribution < 1.29 is 29.4 Å². The van der Waals surface area contributed by atoms with E-state index in [1.807, 2.05) is 30.3 Å². The number of aliphatic hydroxyl groups is 1. The van der Waals surface area contributed by atoms with Crippen molar-refractivity contribution >= 4 is 23.7 Å². The molecule has 0 saturated heterocycles. The summed E-state index contributed by atoms with van der Waals surface area (Å²) in [6.07, 6.45) is 0.430. The molecule has 0 aliphatic heterocycles. The van der Waals surface area contributed by atoms with Gasteiger partial charge in [-0.3, -0.25) is 14.4 Å². The van der Waals surface area contributed by atoms with Crippen LogP contribution in [0.3, 0.4) is 0 Å². The molecule has 3 amide bonds. The molecule has 0 heterocycles. The molecule has 1 aromatic rings. The van der Waals surface area contributed by atoms with Crippen molar-refractivity contribution in [3.05, 3.63) is 35.9 Å². The summed E-state index contributed by atoms with van der Waals surface area (Å²) >= 11 is 0. The van der Waals surface area contributed by atoms with Gasteiger partial charge in [-0.15, -0.1) is 0 Å². The molecule has 9 N–H and O–H groups in total. The Morgan fingerprint density at radius 2 is 1.49 bits per heavy atom. The van der Waals surface area contributed by atoms with Gasteiger partial charge in [-0.1, -0.05) is 44.2 Å². The van der Waals surface area contributed by atoms with Crippen LogP contribution in [0.15, 0.2) is 30.3 Å². The number of carboxylic acid groups (broad SMARTS) is 1. The normalized spacial score (nSPS) is 15.4. The van der Waals surface area contributed by atoms with Gasteiger partial charge in [0.15, 0.2) is 6.04 Å². The summed E-state index contributed by atoms with van der Waals surface area (Å²) in [4.78, 5) is 49.9. The first kappa shape index (κ1) is 30.0. The highest BCUT2D eigenvalue weighted by molar-refractivity contribution is 5.94. The molecule has 5 atom stereocenters. The van der Waals surface area contributed by atoms with Gasteiger partial charge in [-0.2, -0.15) is 0 Å². The Balaban J connectivity index is 2.93. The first-order chi connectivity index (χ1) is 16.5. The Labute approximate surface area is 206 Å². The number of benzene rings is 1. The third kappa shape index (κ3) is 10.4. The van der Waals surface area contributed by atoms with E-state index in [2.05, 4.69) is 16.0 Å². The molecule has 1 rings (SSSR count). The van der Waals surface area contributed by atoms with Crippen molar-refractivity contribution in [1.29, 1.82) is 0 Å².